The molecule has 0 aliphatic rings. The van der Waals surface area contributed by atoms with Crippen LogP contribution in [0.1, 0.15) is 46.1 Å². The molecule has 1 unspecified atom stereocenters. The van der Waals surface area contributed by atoms with Crippen molar-refractivity contribution in [3.8, 4) is 0 Å². The zero-order valence-corrected chi connectivity index (χ0v) is 12.1. The molecular weight excluding hydrogens is 230 g/mol. The van der Waals surface area contributed by atoms with E-state index in [0.717, 1.165) is 18.0 Å². The first kappa shape index (κ1) is 14.5. The fourth-order valence-corrected chi connectivity index (χ4v) is 2.45. The summed E-state index contributed by atoms with van der Waals surface area (Å²) in [6, 6.07) is 8.74. The van der Waals surface area contributed by atoms with E-state index in [-0.39, 0.29) is 5.41 Å². The normalized spacial score (nSPS) is 13.7. The number of hydrogen-bond donors (Lipinski definition) is 1. The highest BCUT2D eigenvalue weighted by atomic mass is 35.5. The molecule has 0 aliphatic carbocycles. The summed E-state index contributed by atoms with van der Waals surface area (Å²) in [4.78, 5) is 0. The third-order valence-corrected chi connectivity index (χ3v) is 3.40. The Morgan fingerprint density at radius 1 is 1.35 bits per heavy atom. The zero-order valence-electron chi connectivity index (χ0n) is 11.4. The van der Waals surface area contributed by atoms with Gasteiger partial charge in [0.25, 0.3) is 0 Å². The summed E-state index contributed by atoms with van der Waals surface area (Å²) in [5.74, 6) is 0. The second-order valence-electron chi connectivity index (χ2n) is 5.45. The molecule has 1 aromatic rings. The van der Waals surface area contributed by atoms with Gasteiger partial charge in [0.1, 0.15) is 0 Å². The fourth-order valence-electron chi connectivity index (χ4n) is 2.26. The van der Waals surface area contributed by atoms with Crippen molar-refractivity contribution >= 4 is 11.6 Å². The van der Waals surface area contributed by atoms with E-state index in [2.05, 4.69) is 45.1 Å². The summed E-state index contributed by atoms with van der Waals surface area (Å²) in [5, 5.41) is 4.36. The van der Waals surface area contributed by atoms with E-state index < -0.39 is 0 Å². The lowest BCUT2D eigenvalue weighted by molar-refractivity contribution is 0.389. The van der Waals surface area contributed by atoms with Crippen LogP contribution in [-0.4, -0.2) is 12.6 Å². The van der Waals surface area contributed by atoms with Gasteiger partial charge in [-0.25, -0.2) is 0 Å². The van der Waals surface area contributed by atoms with Gasteiger partial charge in [0.15, 0.2) is 0 Å². The number of halogens is 1. The van der Waals surface area contributed by atoms with Gasteiger partial charge in [-0.05, 0) is 49.4 Å². The zero-order chi connectivity index (χ0) is 12.9. The van der Waals surface area contributed by atoms with E-state index in [4.69, 9.17) is 11.6 Å². The molecule has 96 valence electrons. The lowest BCUT2D eigenvalue weighted by Crippen LogP contribution is -2.33. The van der Waals surface area contributed by atoms with Crippen LogP contribution in [0.5, 0.6) is 0 Å². The van der Waals surface area contributed by atoms with E-state index >= 15 is 0 Å². The molecule has 0 radical (unpaired) electrons. The average molecular weight is 254 g/mol. The molecule has 0 saturated heterocycles. The van der Waals surface area contributed by atoms with Gasteiger partial charge in [-0.1, -0.05) is 44.5 Å². The predicted octanol–water partition coefficient (Wildman–Crippen LogP) is 4.40. The van der Waals surface area contributed by atoms with Crippen molar-refractivity contribution in [2.24, 2.45) is 0 Å². The minimum absolute atomic E-state index is 0.158. The van der Waals surface area contributed by atoms with Crippen LogP contribution in [-0.2, 0) is 5.41 Å². The van der Waals surface area contributed by atoms with Gasteiger partial charge in [0.05, 0.1) is 0 Å². The molecule has 0 fully saturated rings. The maximum atomic E-state index is 6.06. The van der Waals surface area contributed by atoms with Crippen molar-refractivity contribution in [2.45, 2.75) is 52.0 Å². The van der Waals surface area contributed by atoms with Crippen molar-refractivity contribution in [2.75, 3.05) is 6.54 Å². The Morgan fingerprint density at radius 2 is 2.06 bits per heavy atom. The molecular formula is C15H24ClN. The molecule has 1 aromatic carbocycles. The van der Waals surface area contributed by atoms with Crippen LogP contribution in [0, 0.1) is 0 Å². The van der Waals surface area contributed by atoms with E-state index in [1.807, 2.05) is 12.1 Å². The first-order valence-electron chi connectivity index (χ1n) is 6.45. The molecule has 0 heterocycles. The number of rotatable bonds is 6. The van der Waals surface area contributed by atoms with E-state index in [0.29, 0.717) is 6.04 Å². The minimum atomic E-state index is 0.158. The van der Waals surface area contributed by atoms with Crippen LogP contribution in [0.2, 0.25) is 5.02 Å². The summed E-state index contributed by atoms with van der Waals surface area (Å²) >= 11 is 6.06. The summed E-state index contributed by atoms with van der Waals surface area (Å²) in [6.45, 7) is 10.1. The summed E-state index contributed by atoms with van der Waals surface area (Å²) in [5.41, 5.74) is 1.47. The molecule has 0 saturated carbocycles. The summed E-state index contributed by atoms with van der Waals surface area (Å²) in [7, 11) is 0. The Labute approximate surface area is 111 Å². The average Bonchev–Trinajstić information content (AvgIpc) is 2.26. The van der Waals surface area contributed by atoms with Gasteiger partial charge in [0, 0.05) is 11.1 Å². The van der Waals surface area contributed by atoms with Crippen LogP contribution in [0.15, 0.2) is 24.3 Å². The highest BCUT2D eigenvalue weighted by molar-refractivity contribution is 6.30. The molecule has 0 amide bonds. The quantitative estimate of drug-likeness (QED) is 0.793. The largest absolute Gasteiger partial charge is 0.314 e. The van der Waals surface area contributed by atoms with E-state index in [1.54, 1.807) is 0 Å². The Balaban J connectivity index is 2.67. The van der Waals surface area contributed by atoms with Crippen molar-refractivity contribution < 1.29 is 0 Å². The van der Waals surface area contributed by atoms with Gasteiger partial charge >= 0.3 is 0 Å². The molecule has 2 heteroatoms. The predicted molar refractivity (Wildman–Crippen MR) is 76.9 cm³/mol. The minimum Gasteiger partial charge on any atom is -0.314 e. The first-order chi connectivity index (χ1) is 7.95. The van der Waals surface area contributed by atoms with Crippen molar-refractivity contribution in [1.29, 1.82) is 0 Å². The van der Waals surface area contributed by atoms with Crippen LogP contribution < -0.4 is 5.32 Å². The van der Waals surface area contributed by atoms with Crippen molar-refractivity contribution in [3.05, 3.63) is 34.9 Å². The van der Waals surface area contributed by atoms with Gasteiger partial charge in [0.2, 0.25) is 0 Å². The Bertz CT molecular complexity index is 347. The number of nitrogens with one attached hydrogen (secondary N) is 1. The van der Waals surface area contributed by atoms with Gasteiger partial charge in [-0.15, -0.1) is 0 Å². The molecule has 1 atom stereocenters. The van der Waals surface area contributed by atoms with E-state index in [9.17, 15) is 0 Å². The smallest absolute Gasteiger partial charge is 0.0408 e. The molecule has 1 N–H and O–H groups in total. The molecule has 17 heavy (non-hydrogen) atoms. The SMILES string of the molecule is CCCNC(C)CC(C)(C)c1cccc(Cl)c1. The highest BCUT2D eigenvalue weighted by Gasteiger charge is 2.23. The highest BCUT2D eigenvalue weighted by Crippen LogP contribution is 2.29. The van der Waals surface area contributed by atoms with Crippen LogP contribution >= 0.6 is 11.6 Å². The molecule has 1 rings (SSSR count). The standard InChI is InChI=1S/C15H24ClN/c1-5-9-17-12(2)11-15(3,4)13-7-6-8-14(16)10-13/h6-8,10,12,17H,5,9,11H2,1-4H3. The first-order valence-corrected chi connectivity index (χ1v) is 6.83. The summed E-state index contributed by atoms with van der Waals surface area (Å²) < 4.78 is 0. The maximum absolute atomic E-state index is 6.06. The Kier molecular flexibility index (Phi) is 5.48. The van der Waals surface area contributed by atoms with Gasteiger partial charge in [-0.3, -0.25) is 0 Å². The molecule has 0 spiro atoms. The Morgan fingerprint density at radius 3 is 2.65 bits per heavy atom. The molecule has 0 bridgehead atoms. The second kappa shape index (κ2) is 6.42. The maximum Gasteiger partial charge on any atom is 0.0408 e. The monoisotopic (exact) mass is 253 g/mol. The molecule has 1 nitrogen and oxygen atoms in total. The second-order valence-corrected chi connectivity index (χ2v) is 5.89. The third-order valence-electron chi connectivity index (χ3n) is 3.17. The van der Waals surface area contributed by atoms with Gasteiger partial charge in [-0.2, -0.15) is 0 Å². The van der Waals surface area contributed by atoms with Crippen LogP contribution in [0.25, 0.3) is 0 Å². The van der Waals surface area contributed by atoms with Crippen LogP contribution in [0.4, 0.5) is 0 Å². The Hall–Kier alpha value is -0.530. The van der Waals surface area contributed by atoms with Crippen LogP contribution in [0.3, 0.4) is 0 Å². The van der Waals surface area contributed by atoms with Crippen molar-refractivity contribution in [3.63, 3.8) is 0 Å². The third kappa shape index (κ3) is 4.69. The van der Waals surface area contributed by atoms with E-state index in [1.165, 1.54) is 12.0 Å². The van der Waals surface area contributed by atoms with Gasteiger partial charge < -0.3 is 5.32 Å². The molecule has 0 aliphatic heterocycles. The lowest BCUT2D eigenvalue weighted by Gasteiger charge is -2.29. The topological polar surface area (TPSA) is 12.0 Å². The number of benzene rings is 1. The molecule has 0 aromatic heterocycles. The summed E-state index contributed by atoms with van der Waals surface area (Å²) in [6.07, 6.45) is 2.30. The fraction of sp³-hybridized carbons (Fsp3) is 0.600. The van der Waals surface area contributed by atoms with Crippen molar-refractivity contribution in [1.82, 2.24) is 5.32 Å². The lowest BCUT2D eigenvalue weighted by atomic mass is 9.79. The number of hydrogen-bond acceptors (Lipinski definition) is 1.